The van der Waals surface area contributed by atoms with Crippen LogP contribution in [0.2, 0.25) is 0 Å². The molecular weight excluding hydrogens is 252 g/mol. The van der Waals surface area contributed by atoms with E-state index in [4.69, 9.17) is 5.73 Å². The van der Waals surface area contributed by atoms with Crippen LogP contribution in [0.3, 0.4) is 0 Å². The van der Waals surface area contributed by atoms with Crippen LogP contribution in [0.15, 0.2) is 18.2 Å². The molecule has 2 rings (SSSR count). The quantitative estimate of drug-likeness (QED) is 0.578. The number of rotatable bonds is 3. The molecule has 0 fully saturated rings. The number of carbonyl (C=O) groups is 1. The van der Waals surface area contributed by atoms with Gasteiger partial charge in [0.05, 0.1) is 5.56 Å². The summed E-state index contributed by atoms with van der Waals surface area (Å²) in [7, 11) is 0. The number of carbonyl (C=O) groups excluding carboxylic acids is 1. The van der Waals surface area contributed by atoms with E-state index < -0.39 is 5.91 Å². The second-order valence-corrected chi connectivity index (χ2v) is 4.64. The minimum absolute atomic E-state index is 0.0131. The van der Waals surface area contributed by atoms with Crippen LogP contribution < -0.4 is 11.1 Å². The first-order chi connectivity index (χ1) is 8.60. The molecule has 1 aromatic carbocycles. The van der Waals surface area contributed by atoms with Crippen molar-refractivity contribution < 1.29 is 9.90 Å². The molecule has 0 aliphatic heterocycles. The fourth-order valence-corrected chi connectivity index (χ4v) is 2.03. The third-order valence-electron chi connectivity index (χ3n) is 2.27. The Bertz CT molecular complexity index is 582. The van der Waals surface area contributed by atoms with E-state index in [0.29, 0.717) is 10.8 Å². The van der Waals surface area contributed by atoms with E-state index in [9.17, 15) is 9.90 Å². The van der Waals surface area contributed by atoms with Crippen LogP contribution >= 0.6 is 11.3 Å². The van der Waals surface area contributed by atoms with Crippen molar-refractivity contribution in [2.24, 2.45) is 0 Å². The number of anilines is 2. The van der Waals surface area contributed by atoms with Gasteiger partial charge >= 0.3 is 0 Å². The highest BCUT2D eigenvalue weighted by molar-refractivity contribution is 7.15. The van der Waals surface area contributed by atoms with E-state index in [0.717, 1.165) is 11.4 Å². The third kappa shape index (κ3) is 2.57. The number of amides is 1. The summed E-state index contributed by atoms with van der Waals surface area (Å²) >= 11 is 1.31. The zero-order chi connectivity index (χ0) is 13.1. The standard InChI is InChI=1S/C11H12N4O2S/c1-2-9-14-15-11(18-9)13-10(17)7-5-6(16)3-4-8(7)12/h3-5,16H,2,12H2,1H3,(H,13,15,17). The zero-order valence-electron chi connectivity index (χ0n) is 9.67. The third-order valence-corrected chi connectivity index (χ3v) is 3.25. The lowest BCUT2D eigenvalue weighted by Gasteiger charge is -2.05. The van der Waals surface area contributed by atoms with Gasteiger partial charge in [-0.2, -0.15) is 0 Å². The van der Waals surface area contributed by atoms with Gasteiger partial charge in [-0.15, -0.1) is 10.2 Å². The van der Waals surface area contributed by atoms with Gasteiger partial charge in [-0.1, -0.05) is 18.3 Å². The molecular formula is C11H12N4O2S. The predicted octanol–water partition coefficient (Wildman–Crippen LogP) is 1.64. The number of aromatic nitrogens is 2. The molecule has 0 unspecified atom stereocenters. The number of hydrogen-bond acceptors (Lipinski definition) is 6. The van der Waals surface area contributed by atoms with Gasteiger partial charge in [-0.05, 0) is 24.6 Å². The molecule has 0 bridgehead atoms. The summed E-state index contributed by atoms with van der Waals surface area (Å²) in [6.45, 7) is 1.96. The van der Waals surface area contributed by atoms with Crippen molar-refractivity contribution in [2.45, 2.75) is 13.3 Å². The van der Waals surface area contributed by atoms with Crippen LogP contribution in [0.1, 0.15) is 22.3 Å². The van der Waals surface area contributed by atoms with Gasteiger partial charge in [-0.3, -0.25) is 10.1 Å². The van der Waals surface area contributed by atoms with Gasteiger partial charge in [0.25, 0.3) is 5.91 Å². The Morgan fingerprint density at radius 3 is 2.94 bits per heavy atom. The molecule has 0 spiro atoms. The molecule has 18 heavy (non-hydrogen) atoms. The largest absolute Gasteiger partial charge is 0.508 e. The highest BCUT2D eigenvalue weighted by Crippen LogP contribution is 2.21. The lowest BCUT2D eigenvalue weighted by atomic mass is 10.1. The number of phenolic OH excluding ortho intramolecular Hbond substituents is 1. The maximum absolute atomic E-state index is 11.9. The number of benzene rings is 1. The molecule has 0 saturated heterocycles. The molecule has 4 N–H and O–H groups in total. The van der Waals surface area contributed by atoms with Gasteiger partial charge in [0.2, 0.25) is 5.13 Å². The normalized spacial score (nSPS) is 10.3. The minimum atomic E-state index is -0.415. The molecule has 1 heterocycles. The SMILES string of the molecule is CCc1nnc(NC(=O)c2cc(O)ccc2N)s1. The molecule has 2 aromatic rings. The Hall–Kier alpha value is -2.15. The summed E-state index contributed by atoms with van der Waals surface area (Å²) in [6, 6.07) is 4.21. The smallest absolute Gasteiger partial charge is 0.259 e. The molecule has 94 valence electrons. The van der Waals surface area contributed by atoms with Crippen LogP contribution in [0.25, 0.3) is 0 Å². The molecule has 1 aromatic heterocycles. The average Bonchev–Trinajstić information content (AvgIpc) is 2.80. The fourth-order valence-electron chi connectivity index (χ4n) is 1.35. The maximum atomic E-state index is 11.9. The summed E-state index contributed by atoms with van der Waals surface area (Å²) in [4.78, 5) is 11.9. The molecule has 6 nitrogen and oxygen atoms in total. The Labute approximate surface area is 107 Å². The highest BCUT2D eigenvalue weighted by Gasteiger charge is 2.13. The first kappa shape index (κ1) is 12.3. The second-order valence-electron chi connectivity index (χ2n) is 3.58. The van der Waals surface area contributed by atoms with E-state index in [2.05, 4.69) is 15.5 Å². The van der Waals surface area contributed by atoms with Crippen molar-refractivity contribution in [3.63, 3.8) is 0 Å². The van der Waals surface area contributed by atoms with E-state index in [1.165, 1.54) is 29.5 Å². The Morgan fingerprint density at radius 1 is 1.50 bits per heavy atom. The van der Waals surface area contributed by atoms with E-state index in [1.807, 2.05) is 6.92 Å². The van der Waals surface area contributed by atoms with Gasteiger partial charge < -0.3 is 10.8 Å². The summed E-state index contributed by atoms with van der Waals surface area (Å²) in [5, 5.41) is 20.9. The van der Waals surface area contributed by atoms with E-state index >= 15 is 0 Å². The van der Waals surface area contributed by atoms with Gasteiger partial charge in [0.1, 0.15) is 10.8 Å². The number of nitrogens with one attached hydrogen (secondary N) is 1. The predicted molar refractivity (Wildman–Crippen MR) is 69.8 cm³/mol. The molecule has 0 radical (unpaired) electrons. The second kappa shape index (κ2) is 5.01. The first-order valence-electron chi connectivity index (χ1n) is 5.32. The van der Waals surface area contributed by atoms with Crippen molar-refractivity contribution in [3.05, 3.63) is 28.8 Å². The number of aryl methyl sites for hydroxylation is 1. The molecule has 0 atom stereocenters. The van der Waals surface area contributed by atoms with Crippen molar-refractivity contribution >= 4 is 28.1 Å². The Kier molecular flexibility index (Phi) is 3.42. The monoisotopic (exact) mass is 264 g/mol. The highest BCUT2D eigenvalue weighted by atomic mass is 32.1. The van der Waals surface area contributed by atoms with Gasteiger partial charge in [0.15, 0.2) is 0 Å². The zero-order valence-corrected chi connectivity index (χ0v) is 10.5. The number of aromatic hydroxyl groups is 1. The van der Waals surface area contributed by atoms with Crippen molar-refractivity contribution in [1.29, 1.82) is 0 Å². The van der Waals surface area contributed by atoms with E-state index in [1.54, 1.807) is 0 Å². The van der Waals surface area contributed by atoms with Crippen LogP contribution in [0.4, 0.5) is 10.8 Å². The molecule has 0 aliphatic rings. The van der Waals surface area contributed by atoms with Gasteiger partial charge in [0, 0.05) is 5.69 Å². The van der Waals surface area contributed by atoms with Crippen LogP contribution in [0, 0.1) is 0 Å². The van der Waals surface area contributed by atoms with Crippen molar-refractivity contribution in [3.8, 4) is 5.75 Å². The molecule has 0 saturated carbocycles. The van der Waals surface area contributed by atoms with E-state index in [-0.39, 0.29) is 11.3 Å². The molecule has 7 heteroatoms. The lowest BCUT2D eigenvalue weighted by molar-refractivity contribution is 0.102. The minimum Gasteiger partial charge on any atom is -0.508 e. The maximum Gasteiger partial charge on any atom is 0.259 e. The summed E-state index contributed by atoms with van der Waals surface area (Å²) in [6.07, 6.45) is 0.766. The average molecular weight is 264 g/mol. The Morgan fingerprint density at radius 2 is 2.28 bits per heavy atom. The lowest BCUT2D eigenvalue weighted by Crippen LogP contribution is -2.13. The fraction of sp³-hybridized carbons (Fsp3) is 0.182. The number of nitrogens with zero attached hydrogens (tertiary/aromatic N) is 2. The van der Waals surface area contributed by atoms with Crippen molar-refractivity contribution in [1.82, 2.24) is 10.2 Å². The number of nitrogen functional groups attached to an aromatic ring is 1. The summed E-state index contributed by atoms with van der Waals surface area (Å²) in [5.74, 6) is -0.428. The molecule has 1 amide bonds. The topological polar surface area (TPSA) is 101 Å². The van der Waals surface area contributed by atoms with Crippen LogP contribution in [-0.2, 0) is 6.42 Å². The number of phenols is 1. The summed E-state index contributed by atoms with van der Waals surface area (Å²) < 4.78 is 0. The van der Waals surface area contributed by atoms with Crippen molar-refractivity contribution in [2.75, 3.05) is 11.1 Å². The van der Waals surface area contributed by atoms with Crippen LogP contribution in [0.5, 0.6) is 5.75 Å². The van der Waals surface area contributed by atoms with Crippen LogP contribution in [-0.4, -0.2) is 21.2 Å². The molecule has 0 aliphatic carbocycles. The van der Waals surface area contributed by atoms with Gasteiger partial charge in [-0.25, -0.2) is 0 Å². The number of nitrogens with two attached hydrogens (primary N) is 1. The summed E-state index contributed by atoms with van der Waals surface area (Å²) in [5.41, 5.74) is 6.18. The number of hydrogen-bond donors (Lipinski definition) is 3. The Balaban J connectivity index is 2.19. The first-order valence-corrected chi connectivity index (χ1v) is 6.14.